The largest absolute Gasteiger partial charge is 0.481 e. The van der Waals surface area contributed by atoms with Gasteiger partial charge in [0.15, 0.2) is 0 Å². The van der Waals surface area contributed by atoms with Gasteiger partial charge in [0.1, 0.15) is 11.6 Å². The van der Waals surface area contributed by atoms with Crippen LogP contribution in [0.2, 0.25) is 0 Å². The minimum atomic E-state index is -0.875. The zero-order valence-corrected chi connectivity index (χ0v) is 9.62. The maximum absolute atomic E-state index is 13.7. The van der Waals surface area contributed by atoms with Gasteiger partial charge in [-0.25, -0.2) is 14.2 Å². The number of hydrogen-bond donors (Lipinski definition) is 3. The highest BCUT2D eigenvalue weighted by molar-refractivity contribution is 5.66. The van der Waals surface area contributed by atoms with Gasteiger partial charge in [-0.05, 0) is 18.4 Å². The monoisotopic (exact) mass is 256 g/mol. The highest BCUT2D eigenvalue weighted by Gasteiger charge is 2.30. The van der Waals surface area contributed by atoms with Crippen molar-refractivity contribution in [2.45, 2.75) is 18.9 Å². The van der Waals surface area contributed by atoms with E-state index in [1.54, 1.807) is 0 Å². The van der Waals surface area contributed by atoms with E-state index in [-0.39, 0.29) is 18.4 Å². The Kier molecular flexibility index (Phi) is 3.88. The van der Waals surface area contributed by atoms with Gasteiger partial charge < -0.3 is 5.11 Å². The lowest BCUT2D eigenvalue weighted by atomic mass is 9.91. The highest BCUT2D eigenvalue weighted by Crippen LogP contribution is 2.30. The van der Waals surface area contributed by atoms with Gasteiger partial charge in [-0.15, -0.1) is 0 Å². The summed E-state index contributed by atoms with van der Waals surface area (Å²) in [5, 5.41) is 8.66. The second-order valence-corrected chi connectivity index (χ2v) is 4.36. The number of aliphatic carboxylic acids is 1. The molecular weight excluding hydrogens is 242 g/mol. The van der Waals surface area contributed by atoms with Crippen molar-refractivity contribution in [3.05, 3.63) is 35.4 Å². The van der Waals surface area contributed by atoms with Crippen molar-refractivity contribution < 1.29 is 18.7 Å². The first-order valence-corrected chi connectivity index (χ1v) is 5.73. The Bertz CT molecular complexity index is 454. The molecule has 2 unspecified atom stereocenters. The van der Waals surface area contributed by atoms with E-state index in [1.807, 2.05) is 0 Å². The maximum atomic E-state index is 13.7. The van der Waals surface area contributed by atoms with Crippen LogP contribution in [0.25, 0.3) is 0 Å². The molecule has 2 atom stereocenters. The Labute approximate surface area is 103 Å². The summed E-state index contributed by atoms with van der Waals surface area (Å²) >= 11 is 0. The smallest absolute Gasteiger partial charge is 0.303 e. The quantitative estimate of drug-likeness (QED) is 0.765. The van der Waals surface area contributed by atoms with Crippen LogP contribution in [-0.4, -0.2) is 17.6 Å². The third-order valence-corrected chi connectivity index (χ3v) is 3.12. The minimum absolute atomic E-state index is 0.0268. The van der Waals surface area contributed by atoms with Gasteiger partial charge in [-0.1, -0.05) is 6.07 Å². The normalized spacial score (nSPS) is 23.2. The molecule has 0 radical (unpaired) electrons. The molecule has 0 aromatic heterocycles. The molecule has 0 aliphatic carbocycles. The second kappa shape index (κ2) is 5.41. The lowest BCUT2D eigenvalue weighted by Crippen LogP contribution is -2.25. The van der Waals surface area contributed by atoms with Crippen LogP contribution < -0.4 is 10.9 Å². The third-order valence-electron chi connectivity index (χ3n) is 3.12. The number of carboxylic acid groups (broad SMARTS) is 1. The van der Waals surface area contributed by atoms with Crippen LogP contribution in [0.5, 0.6) is 0 Å². The highest BCUT2D eigenvalue weighted by atomic mass is 19.1. The zero-order chi connectivity index (χ0) is 13.1. The van der Waals surface area contributed by atoms with Crippen molar-refractivity contribution in [3.8, 4) is 0 Å². The molecule has 1 fully saturated rings. The lowest BCUT2D eigenvalue weighted by Gasteiger charge is -2.18. The lowest BCUT2D eigenvalue weighted by molar-refractivity contribution is -0.137. The molecule has 6 heteroatoms. The van der Waals surface area contributed by atoms with Crippen LogP contribution in [-0.2, 0) is 4.79 Å². The molecule has 1 aromatic carbocycles. The SMILES string of the molecule is O=C(O)CCC1CNNC1c1ccc(F)cc1F. The molecule has 4 nitrogen and oxygen atoms in total. The van der Waals surface area contributed by atoms with Crippen molar-refractivity contribution >= 4 is 5.97 Å². The van der Waals surface area contributed by atoms with Crippen molar-refractivity contribution in [3.63, 3.8) is 0 Å². The number of carbonyl (C=O) groups is 1. The molecule has 0 spiro atoms. The Morgan fingerprint density at radius 2 is 2.22 bits per heavy atom. The number of rotatable bonds is 4. The number of hydrazine groups is 1. The number of nitrogens with one attached hydrogen (secondary N) is 2. The molecular formula is C12H14F2N2O2. The fourth-order valence-electron chi connectivity index (χ4n) is 2.20. The van der Waals surface area contributed by atoms with Crippen LogP contribution in [0.3, 0.4) is 0 Å². The van der Waals surface area contributed by atoms with E-state index in [2.05, 4.69) is 10.9 Å². The third kappa shape index (κ3) is 2.83. The topological polar surface area (TPSA) is 61.4 Å². The van der Waals surface area contributed by atoms with Crippen molar-refractivity contribution in [1.29, 1.82) is 0 Å². The molecule has 1 aliphatic rings. The first-order chi connectivity index (χ1) is 8.58. The average Bonchev–Trinajstić information content (AvgIpc) is 2.74. The second-order valence-electron chi connectivity index (χ2n) is 4.36. The van der Waals surface area contributed by atoms with Gasteiger partial charge in [0.05, 0.1) is 6.04 Å². The van der Waals surface area contributed by atoms with Crippen LogP contribution >= 0.6 is 0 Å². The van der Waals surface area contributed by atoms with Gasteiger partial charge in [0.25, 0.3) is 0 Å². The first kappa shape index (κ1) is 12.9. The van der Waals surface area contributed by atoms with E-state index in [4.69, 9.17) is 5.11 Å². The van der Waals surface area contributed by atoms with E-state index in [1.165, 1.54) is 12.1 Å². The van der Waals surface area contributed by atoms with Gasteiger partial charge in [-0.3, -0.25) is 10.2 Å². The number of hydrogen-bond acceptors (Lipinski definition) is 3. The predicted molar refractivity (Wildman–Crippen MR) is 60.6 cm³/mol. The van der Waals surface area contributed by atoms with E-state index in [0.717, 1.165) is 6.07 Å². The Balaban J connectivity index is 2.13. The number of carboxylic acids is 1. The van der Waals surface area contributed by atoms with Crippen LogP contribution in [0.4, 0.5) is 8.78 Å². The standard InChI is InChI=1S/C12H14F2N2O2/c13-8-2-3-9(10(14)5-8)12-7(6-15-16-12)1-4-11(17)18/h2-3,5,7,12,15-16H,1,4,6H2,(H,17,18). The van der Waals surface area contributed by atoms with Crippen LogP contribution in [0.1, 0.15) is 24.4 Å². The molecule has 3 N–H and O–H groups in total. The Hall–Kier alpha value is -1.53. The first-order valence-electron chi connectivity index (χ1n) is 5.73. The van der Waals surface area contributed by atoms with E-state index in [9.17, 15) is 13.6 Å². The summed E-state index contributed by atoms with van der Waals surface area (Å²) < 4.78 is 26.5. The molecule has 1 heterocycles. The predicted octanol–water partition coefficient (Wildman–Crippen LogP) is 1.59. The minimum Gasteiger partial charge on any atom is -0.481 e. The van der Waals surface area contributed by atoms with Crippen molar-refractivity contribution in [1.82, 2.24) is 10.9 Å². The average molecular weight is 256 g/mol. The summed E-state index contributed by atoms with van der Waals surface area (Å²) in [6.07, 6.45) is 0.476. The summed E-state index contributed by atoms with van der Waals surface area (Å²) in [5.41, 5.74) is 6.14. The molecule has 1 saturated heterocycles. The Morgan fingerprint density at radius 1 is 1.44 bits per heavy atom. The molecule has 98 valence electrons. The fourth-order valence-corrected chi connectivity index (χ4v) is 2.20. The van der Waals surface area contributed by atoms with Gasteiger partial charge in [0.2, 0.25) is 0 Å². The van der Waals surface area contributed by atoms with Gasteiger partial charge in [0, 0.05) is 24.6 Å². The zero-order valence-electron chi connectivity index (χ0n) is 9.62. The van der Waals surface area contributed by atoms with Crippen LogP contribution in [0, 0.1) is 17.6 Å². The molecule has 18 heavy (non-hydrogen) atoms. The van der Waals surface area contributed by atoms with Crippen molar-refractivity contribution in [2.24, 2.45) is 5.92 Å². The van der Waals surface area contributed by atoms with Gasteiger partial charge in [-0.2, -0.15) is 0 Å². The summed E-state index contributed by atoms with van der Waals surface area (Å²) in [5.74, 6) is -2.14. The number of benzene rings is 1. The molecule has 0 saturated carbocycles. The van der Waals surface area contributed by atoms with Crippen molar-refractivity contribution in [2.75, 3.05) is 6.54 Å². The molecule has 0 bridgehead atoms. The van der Waals surface area contributed by atoms with E-state index in [0.29, 0.717) is 18.5 Å². The molecule has 2 rings (SSSR count). The van der Waals surface area contributed by atoms with Gasteiger partial charge >= 0.3 is 5.97 Å². The van der Waals surface area contributed by atoms with Crippen LogP contribution in [0.15, 0.2) is 18.2 Å². The molecule has 1 aromatic rings. The summed E-state index contributed by atoms with van der Waals surface area (Å²) in [4.78, 5) is 10.5. The summed E-state index contributed by atoms with van der Waals surface area (Å²) in [7, 11) is 0. The summed E-state index contributed by atoms with van der Waals surface area (Å²) in [6, 6.07) is 3.10. The number of halogens is 2. The Morgan fingerprint density at radius 3 is 2.89 bits per heavy atom. The van der Waals surface area contributed by atoms with E-state index < -0.39 is 17.6 Å². The molecule has 0 amide bonds. The van der Waals surface area contributed by atoms with E-state index >= 15 is 0 Å². The summed E-state index contributed by atoms with van der Waals surface area (Å²) in [6.45, 7) is 0.564. The molecule has 1 aliphatic heterocycles. The fraction of sp³-hybridized carbons (Fsp3) is 0.417. The maximum Gasteiger partial charge on any atom is 0.303 e.